The summed E-state index contributed by atoms with van der Waals surface area (Å²) in [5, 5.41) is 11.9. The topological polar surface area (TPSA) is 147 Å². The average Bonchev–Trinajstić information content (AvgIpc) is 3.96. The van der Waals surface area contributed by atoms with Crippen molar-refractivity contribution in [1.29, 1.82) is 0 Å². The summed E-state index contributed by atoms with van der Waals surface area (Å²) < 4.78 is 78.5. The van der Waals surface area contributed by atoms with Crippen molar-refractivity contribution in [3.63, 3.8) is 0 Å². The first-order valence-corrected chi connectivity index (χ1v) is 18.9. The van der Waals surface area contributed by atoms with Gasteiger partial charge >= 0.3 is 18.6 Å². The van der Waals surface area contributed by atoms with E-state index in [9.17, 15) is 32.0 Å². The molecule has 2 unspecified atom stereocenters. The van der Waals surface area contributed by atoms with Crippen LogP contribution < -0.4 is 18.9 Å². The Bertz CT molecular complexity index is 2030. The van der Waals surface area contributed by atoms with E-state index in [1.165, 1.54) is 36.4 Å². The summed E-state index contributed by atoms with van der Waals surface area (Å²) in [5.41, 5.74) is 0.658. The normalized spacial score (nSPS) is 14.1. The van der Waals surface area contributed by atoms with Gasteiger partial charge in [-0.3, -0.25) is 0 Å². The van der Waals surface area contributed by atoms with Crippen molar-refractivity contribution in [3.05, 3.63) is 123 Å². The lowest BCUT2D eigenvalue weighted by atomic mass is 10.0. The van der Waals surface area contributed by atoms with E-state index in [-0.39, 0.29) is 68.7 Å². The quantitative estimate of drug-likeness (QED) is 0.0692. The maximum Gasteiger partial charge on any atom is 0.387 e. The van der Waals surface area contributed by atoms with Gasteiger partial charge in [0.15, 0.2) is 23.9 Å². The van der Waals surface area contributed by atoms with Crippen molar-refractivity contribution in [3.8, 4) is 11.5 Å². The molecule has 0 bridgehead atoms. The fourth-order valence-electron chi connectivity index (χ4n) is 5.18. The van der Waals surface area contributed by atoms with Gasteiger partial charge in [-0.05, 0) is 74.3 Å². The molecule has 3 aromatic carbocycles. The molecule has 0 aliphatic heterocycles. The summed E-state index contributed by atoms with van der Waals surface area (Å²) in [6, 6.07) is 15.7. The number of aromatic nitrogens is 1. The first kappa shape index (κ1) is 40.6. The number of esters is 2. The second-order valence-electron chi connectivity index (χ2n) is 12.7. The predicted molar refractivity (Wildman–Crippen MR) is 194 cm³/mol. The highest BCUT2D eigenvalue weighted by Gasteiger charge is 2.30. The highest BCUT2D eigenvalue weighted by Crippen LogP contribution is 2.38. The first-order chi connectivity index (χ1) is 25.7. The van der Waals surface area contributed by atoms with Crippen LogP contribution in [-0.2, 0) is 30.7 Å². The fraction of sp³-hybridized carbons (Fsp3) is 0.324. The monoisotopic (exact) mass is 807 g/mol. The Labute approximate surface area is 321 Å². The molecule has 0 radical (unpaired) electrons. The summed E-state index contributed by atoms with van der Waals surface area (Å²) >= 11 is 12.7. The van der Waals surface area contributed by atoms with E-state index >= 15 is 0 Å². The van der Waals surface area contributed by atoms with Crippen molar-refractivity contribution in [2.24, 2.45) is 5.92 Å². The molecule has 288 valence electrons. The van der Waals surface area contributed by atoms with Gasteiger partial charge in [-0.25, -0.2) is 18.0 Å². The summed E-state index contributed by atoms with van der Waals surface area (Å²) in [5.74, 6) is -1.79. The molecule has 1 aromatic heterocycles. The number of carbonyl (C=O) groups is 2. The van der Waals surface area contributed by atoms with Gasteiger partial charge in [-0.15, -0.1) is 0 Å². The third-order valence-corrected chi connectivity index (χ3v) is 10.3. The zero-order valence-corrected chi connectivity index (χ0v) is 31.5. The van der Waals surface area contributed by atoms with Crippen LogP contribution in [-0.4, -0.2) is 65.7 Å². The van der Waals surface area contributed by atoms with Gasteiger partial charge in [0, 0.05) is 18.5 Å². The highest BCUT2D eigenvalue weighted by atomic mass is 35.5. The Hall–Kier alpha value is -4.54. The Morgan fingerprint density at radius 1 is 0.963 bits per heavy atom. The van der Waals surface area contributed by atoms with Gasteiger partial charge in [0.05, 0.1) is 17.1 Å². The van der Waals surface area contributed by atoms with Crippen LogP contribution >= 0.6 is 23.2 Å². The van der Waals surface area contributed by atoms with E-state index in [2.05, 4.69) is 9.46 Å². The number of rotatable bonds is 18. The van der Waals surface area contributed by atoms with Crippen LogP contribution in [0.5, 0.6) is 11.5 Å². The Kier molecular flexibility index (Phi) is 13.7. The zero-order chi connectivity index (χ0) is 39.0. The van der Waals surface area contributed by atoms with Crippen LogP contribution in [0.3, 0.4) is 0 Å². The van der Waals surface area contributed by atoms with Gasteiger partial charge in [0.25, 0.3) is 0 Å². The number of benzene rings is 3. The molecule has 5 rings (SSSR count). The molecule has 1 fully saturated rings. The van der Waals surface area contributed by atoms with E-state index < -0.39 is 40.7 Å². The number of nitrogens with one attached hydrogen (secondary N) is 1. The minimum atomic E-state index is -4.45. The van der Waals surface area contributed by atoms with E-state index in [1.54, 1.807) is 49.3 Å². The molecule has 17 heteroatoms. The minimum absolute atomic E-state index is 0.0178. The van der Waals surface area contributed by atoms with Crippen LogP contribution in [0.25, 0.3) is 0 Å². The third kappa shape index (κ3) is 11.2. The number of hydrogen-bond donors (Lipinski definition) is 1. The van der Waals surface area contributed by atoms with Crippen molar-refractivity contribution in [2.75, 3.05) is 33.9 Å². The van der Waals surface area contributed by atoms with Crippen molar-refractivity contribution < 1.29 is 50.5 Å². The van der Waals surface area contributed by atoms with Crippen LogP contribution in [0.1, 0.15) is 52.0 Å². The summed E-state index contributed by atoms with van der Waals surface area (Å²) in [6.07, 6.45) is 2.58. The highest BCUT2D eigenvalue weighted by molar-refractivity contribution is 7.89. The molecule has 1 N–H and O–H groups in total. The first-order valence-electron chi connectivity index (χ1n) is 16.7. The maximum absolute atomic E-state index is 13.8. The average molecular weight is 809 g/mol. The SMILES string of the molecule is CN(C)CCOC(=O)C(NS(=O)(=O)c1cccc(C(=O)OC(Cc2c(Cl)c[n+]([O-])cc2Cl)c2ccc(OC(F)F)c(OCC3CC3)c2)c1)c1ccccc1. The van der Waals surface area contributed by atoms with Crippen molar-refractivity contribution in [2.45, 2.75) is 42.9 Å². The van der Waals surface area contributed by atoms with Gasteiger partial charge in [0.2, 0.25) is 10.0 Å². The van der Waals surface area contributed by atoms with Crippen molar-refractivity contribution >= 4 is 45.2 Å². The van der Waals surface area contributed by atoms with Crippen LogP contribution in [0.15, 0.2) is 90.1 Å². The number of alkyl halides is 2. The second-order valence-corrected chi connectivity index (χ2v) is 15.2. The standard InChI is InChI=1S/C37H37Cl2F2N3O9S/c1-43(2)15-16-50-36(46)34(24-7-4-3-5-8-24)42-54(48,49)27-10-6-9-26(17-27)35(45)52-32(19-28-29(38)20-44(47)21-30(28)39)25-13-14-31(53-37(40)41)33(18-25)51-22-23-11-12-23/h3-10,13-14,17-18,20-21,23,32,34,37,42H,11-12,15-16,19,22H2,1-2H3. The van der Waals surface area contributed by atoms with Gasteiger partial charge in [-0.2, -0.15) is 18.2 Å². The van der Waals surface area contributed by atoms with Crippen LogP contribution in [0, 0.1) is 11.1 Å². The minimum Gasteiger partial charge on any atom is -0.619 e. The largest absolute Gasteiger partial charge is 0.619 e. The molecule has 1 heterocycles. The lowest BCUT2D eigenvalue weighted by molar-refractivity contribution is -0.605. The second kappa shape index (κ2) is 18.2. The number of pyridine rings is 1. The van der Waals surface area contributed by atoms with Crippen LogP contribution in [0.4, 0.5) is 8.78 Å². The summed E-state index contributed by atoms with van der Waals surface area (Å²) in [7, 11) is -0.861. The lowest BCUT2D eigenvalue weighted by Gasteiger charge is -2.22. The molecule has 54 heavy (non-hydrogen) atoms. The van der Waals surface area contributed by atoms with Crippen LogP contribution in [0.2, 0.25) is 10.0 Å². The van der Waals surface area contributed by atoms with E-state index in [1.807, 2.05) is 0 Å². The Balaban J connectivity index is 1.44. The molecule has 0 saturated heterocycles. The molecule has 0 amide bonds. The molecule has 0 spiro atoms. The number of halogens is 4. The number of nitrogens with zero attached hydrogens (tertiary/aromatic N) is 2. The zero-order valence-electron chi connectivity index (χ0n) is 29.1. The molecule has 2 atom stereocenters. The van der Waals surface area contributed by atoms with E-state index in [0.717, 1.165) is 31.3 Å². The number of likely N-dealkylation sites (N-methyl/N-ethyl adjacent to an activating group) is 1. The number of sulfonamides is 1. The number of carbonyl (C=O) groups excluding carboxylic acids is 2. The van der Waals surface area contributed by atoms with Gasteiger partial charge < -0.3 is 29.1 Å². The number of ether oxygens (including phenoxy) is 4. The molecular formula is C37H37Cl2F2N3O9S. The Morgan fingerprint density at radius 3 is 2.31 bits per heavy atom. The lowest BCUT2D eigenvalue weighted by Crippen LogP contribution is -2.36. The summed E-state index contributed by atoms with van der Waals surface area (Å²) in [4.78, 5) is 28.3. The van der Waals surface area contributed by atoms with E-state index in [4.69, 9.17) is 37.4 Å². The molecule has 1 aliphatic carbocycles. The smallest absolute Gasteiger partial charge is 0.387 e. The fourth-order valence-corrected chi connectivity index (χ4v) is 7.00. The summed E-state index contributed by atoms with van der Waals surface area (Å²) in [6.45, 7) is -2.45. The van der Waals surface area contributed by atoms with Gasteiger partial charge in [-0.1, -0.05) is 65.7 Å². The molecular weight excluding hydrogens is 771 g/mol. The maximum atomic E-state index is 13.8. The Morgan fingerprint density at radius 2 is 1.67 bits per heavy atom. The molecule has 1 aliphatic rings. The third-order valence-electron chi connectivity index (χ3n) is 8.23. The van der Waals surface area contributed by atoms with Gasteiger partial charge in [0.1, 0.15) is 28.8 Å². The van der Waals surface area contributed by atoms with Crippen molar-refractivity contribution in [1.82, 2.24) is 9.62 Å². The van der Waals surface area contributed by atoms with E-state index in [0.29, 0.717) is 16.8 Å². The molecule has 1 saturated carbocycles. The number of hydrogen-bond acceptors (Lipinski definition) is 10. The predicted octanol–water partition coefficient (Wildman–Crippen LogP) is 6.28. The molecule has 12 nitrogen and oxygen atoms in total. The molecule has 4 aromatic rings.